The van der Waals surface area contributed by atoms with Gasteiger partial charge in [-0.2, -0.15) is 0 Å². The molecule has 0 aliphatic heterocycles. The highest BCUT2D eigenvalue weighted by molar-refractivity contribution is 4.54. The summed E-state index contributed by atoms with van der Waals surface area (Å²) in [5.41, 5.74) is 0. The summed E-state index contributed by atoms with van der Waals surface area (Å²) in [6.45, 7) is 3.61. The van der Waals surface area contributed by atoms with Gasteiger partial charge in [0.1, 0.15) is 6.61 Å². The Morgan fingerprint density at radius 2 is 2.12 bits per heavy atom. The van der Waals surface area contributed by atoms with Crippen LogP contribution in [0.1, 0.15) is 6.92 Å². The number of rotatable bonds is 3. The molecule has 0 saturated heterocycles. The zero-order chi connectivity index (χ0) is 6.62. The van der Waals surface area contributed by atoms with E-state index in [2.05, 4.69) is 11.7 Å². The summed E-state index contributed by atoms with van der Waals surface area (Å²) in [6.07, 6.45) is 0. The minimum atomic E-state index is -2.71. The number of hydrogen-bond acceptors (Lipinski definition) is 1. The monoisotopic (exact) mass is 123 g/mol. The number of hydrogen-bond donors (Lipinski definition) is 0. The van der Waals surface area contributed by atoms with Gasteiger partial charge in [0.15, 0.2) is 0 Å². The molecule has 0 unspecified atom stereocenters. The Balaban J connectivity index is 3.11. The van der Waals surface area contributed by atoms with Crippen LogP contribution in [0.15, 0.2) is 0 Å². The summed E-state index contributed by atoms with van der Waals surface area (Å²) < 4.78 is 27.8. The zero-order valence-electron chi connectivity index (χ0n) is 4.79. The van der Waals surface area contributed by atoms with Crippen LogP contribution < -0.4 is 0 Å². The lowest BCUT2D eigenvalue weighted by Gasteiger charge is -2.07. The second-order valence-electron chi connectivity index (χ2n) is 1.62. The lowest BCUT2D eigenvalue weighted by molar-refractivity contribution is -0.0564. The molecule has 1 radical (unpaired) electrons. The molecule has 1 nitrogen and oxygen atoms in total. The van der Waals surface area contributed by atoms with Crippen LogP contribution in [0, 0.1) is 6.92 Å². The fourth-order valence-electron chi connectivity index (χ4n) is 0.251. The van der Waals surface area contributed by atoms with Crippen LogP contribution in [0.2, 0.25) is 0 Å². The Morgan fingerprint density at radius 3 is 2.25 bits per heavy atom. The van der Waals surface area contributed by atoms with Crippen LogP contribution >= 0.6 is 0 Å². The molecule has 0 fully saturated rings. The van der Waals surface area contributed by atoms with E-state index in [9.17, 15) is 8.78 Å². The summed E-state index contributed by atoms with van der Waals surface area (Å²) in [5.74, 6) is -2.71. The predicted octanol–water partition coefficient (Wildman–Crippen LogP) is 1.49. The third-order valence-corrected chi connectivity index (χ3v) is 0.500. The van der Waals surface area contributed by atoms with E-state index in [1.165, 1.54) is 0 Å². The Labute approximate surface area is 47.6 Å². The molecule has 0 saturated carbocycles. The van der Waals surface area contributed by atoms with Crippen molar-refractivity contribution in [2.45, 2.75) is 12.8 Å². The van der Waals surface area contributed by atoms with Gasteiger partial charge in [0, 0.05) is 13.5 Å². The molecule has 3 heteroatoms. The molecule has 0 aliphatic carbocycles. The van der Waals surface area contributed by atoms with Crippen LogP contribution in [-0.2, 0) is 4.74 Å². The average molecular weight is 123 g/mol. The van der Waals surface area contributed by atoms with Crippen molar-refractivity contribution in [3.8, 4) is 0 Å². The van der Waals surface area contributed by atoms with Crippen molar-refractivity contribution in [1.82, 2.24) is 0 Å². The van der Waals surface area contributed by atoms with Crippen LogP contribution in [0.3, 0.4) is 0 Å². The number of halogens is 2. The van der Waals surface area contributed by atoms with Gasteiger partial charge < -0.3 is 4.74 Å². The van der Waals surface area contributed by atoms with E-state index in [1.807, 2.05) is 0 Å². The van der Waals surface area contributed by atoms with Crippen LogP contribution in [0.5, 0.6) is 0 Å². The molecule has 0 aromatic rings. The van der Waals surface area contributed by atoms with E-state index >= 15 is 0 Å². The van der Waals surface area contributed by atoms with E-state index in [-0.39, 0.29) is 6.61 Å². The first-order chi connectivity index (χ1) is 3.56. The van der Waals surface area contributed by atoms with Crippen LogP contribution in [-0.4, -0.2) is 19.1 Å². The van der Waals surface area contributed by atoms with Gasteiger partial charge in [-0.15, -0.1) is 0 Å². The Kier molecular flexibility index (Phi) is 2.90. The molecule has 8 heavy (non-hydrogen) atoms. The normalized spacial score (nSPS) is 12.0. The molecule has 0 aromatic heterocycles. The van der Waals surface area contributed by atoms with E-state index in [1.54, 1.807) is 0 Å². The van der Waals surface area contributed by atoms with E-state index in [0.29, 0.717) is 0 Å². The van der Waals surface area contributed by atoms with Crippen molar-refractivity contribution in [2.24, 2.45) is 0 Å². The minimum Gasteiger partial charge on any atom is -0.375 e. The maximum Gasteiger partial charge on any atom is 0.268 e. The van der Waals surface area contributed by atoms with Gasteiger partial charge in [-0.3, -0.25) is 0 Å². The molecule has 0 aromatic carbocycles. The predicted molar refractivity (Wildman–Crippen MR) is 26.8 cm³/mol. The largest absolute Gasteiger partial charge is 0.375 e. The summed E-state index contributed by atoms with van der Waals surface area (Å²) in [5, 5.41) is 0. The average Bonchev–Trinajstić information content (AvgIpc) is 1.59. The fourth-order valence-corrected chi connectivity index (χ4v) is 0.251. The maximum absolute atomic E-state index is 11.8. The highest BCUT2D eigenvalue weighted by atomic mass is 19.3. The summed E-state index contributed by atoms with van der Waals surface area (Å²) in [6, 6.07) is 0. The molecular formula is C5H9F2O. The van der Waals surface area contributed by atoms with Crippen molar-refractivity contribution in [1.29, 1.82) is 0 Å². The summed E-state index contributed by atoms with van der Waals surface area (Å²) >= 11 is 0. The van der Waals surface area contributed by atoms with E-state index in [4.69, 9.17) is 0 Å². The van der Waals surface area contributed by atoms with Crippen molar-refractivity contribution in [3.63, 3.8) is 0 Å². The van der Waals surface area contributed by atoms with Crippen molar-refractivity contribution in [2.75, 3.05) is 13.2 Å². The molecule has 0 rings (SSSR count). The SMILES string of the molecule is [CH2]COCC(C)(F)F. The van der Waals surface area contributed by atoms with Gasteiger partial charge in [-0.1, -0.05) is 0 Å². The lowest BCUT2D eigenvalue weighted by atomic mass is 10.4. The molecular weight excluding hydrogens is 114 g/mol. The van der Waals surface area contributed by atoms with Gasteiger partial charge in [0.2, 0.25) is 0 Å². The highest BCUT2D eigenvalue weighted by Gasteiger charge is 2.20. The van der Waals surface area contributed by atoms with Gasteiger partial charge in [-0.25, -0.2) is 8.78 Å². The summed E-state index contributed by atoms with van der Waals surface area (Å²) in [4.78, 5) is 0. The third kappa shape index (κ3) is 5.82. The van der Waals surface area contributed by atoms with Crippen LogP contribution in [0.4, 0.5) is 8.78 Å². The van der Waals surface area contributed by atoms with Gasteiger partial charge >= 0.3 is 0 Å². The van der Waals surface area contributed by atoms with Gasteiger partial charge in [0.25, 0.3) is 5.92 Å². The molecule has 0 atom stereocenters. The van der Waals surface area contributed by atoms with Gasteiger partial charge in [0.05, 0.1) is 0 Å². The quantitative estimate of drug-likeness (QED) is 0.552. The van der Waals surface area contributed by atoms with Crippen molar-refractivity contribution in [3.05, 3.63) is 6.92 Å². The molecule has 0 bridgehead atoms. The van der Waals surface area contributed by atoms with Gasteiger partial charge in [-0.05, 0) is 6.92 Å². The zero-order valence-corrected chi connectivity index (χ0v) is 4.79. The summed E-state index contributed by atoms with van der Waals surface area (Å²) in [7, 11) is 0. The molecule has 0 aliphatic rings. The van der Waals surface area contributed by atoms with E-state index < -0.39 is 12.5 Å². The molecule has 49 valence electrons. The molecule has 0 N–H and O–H groups in total. The second-order valence-corrected chi connectivity index (χ2v) is 1.62. The highest BCUT2D eigenvalue weighted by Crippen LogP contribution is 2.10. The topological polar surface area (TPSA) is 9.23 Å². The first-order valence-corrected chi connectivity index (χ1v) is 2.31. The lowest BCUT2D eigenvalue weighted by Crippen LogP contribution is -2.18. The Bertz CT molecular complexity index is 57.9. The third-order valence-electron chi connectivity index (χ3n) is 0.500. The smallest absolute Gasteiger partial charge is 0.268 e. The Hall–Kier alpha value is -0.180. The second kappa shape index (κ2) is 2.97. The molecule has 0 amide bonds. The van der Waals surface area contributed by atoms with Crippen LogP contribution in [0.25, 0.3) is 0 Å². The molecule has 0 spiro atoms. The first-order valence-electron chi connectivity index (χ1n) is 2.31. The fraction of sp³-hybridized carbons (Fsp3) is 0.800. The van der Waals surface area contributed by atoms with E-state index in [0.717, 1.165) is 6.92 Å². The molecule has 0 heterocycles. The number of ether oxygens (including phenoxy) is 1. The minimum absolute atomic E-state index is 0.101. The van der Waals surface area contributed by atoms with Crippen molar-refractivity contribution >= 4 is 0 Å². The Morgan fingerprint density at radius 1 is 1.62 bits per heavy atom. The first kappa shape index (κ1) is 7.82. The standard InChI is InChI=1S/C5H9F2O/c1-3-8-4-5(2,6)7/h1,3-4H2,2H3. The number of alkyl halides is 2. The van der Waals surface area contributed by atoms with Crippen molar-refractivity contribution < 1.29 is 13.5 Å². The maximum atomic E-state index is 11.8.